The van der Waals surface area contributed by atoms with E-state index in [-0.39, 0.29) is 6.61 Å². The molecular formula is C28H32N4O4. The molecule has 0 spiro atoms. The molecule has 1 atom stereocenters. The van der Waals surface area contributed by atoms with Gasteiger partial charge in [-0.25, -0.2) is 14.1 Å². The summed E-state index contributed by atoms with van der Waals surface area (Å²) >= 11 is 0. The summed E-state index contributed by atoms with van der Waals surface area (Å²) in [6.07, 6.45) is 1.85. The zero-order valence-corrected chi connectivity index (χ0v) is 21.4. The SMILES string of the molecule is COC(=O)C1=C(C)NC(C)=C(C(=O)OCCN(C)Cc2ccccc2)C1c1c(C)nn2ccccc12. The molecule has 0 bridgehead atoms. The van der Waals surface area contributed by atoms with Gasteiger partial charge >= 0.3 is 11.9 Å². The van der Waals surface area contributed by atoms with Gasteiger partial charge in [-0.15, -0.1) is 0 Å². The van der Waals surface area contributed by atoms with E-state index in [1.54, 1.807) is 4.52 Å². The lowest BCUT2D eigenvalue weighted by molar-refractivity contribution is -0.139. The van der Waals surface area contributed by atoms with E-state index in [1.165, 1.54) is 12.7 Å². The number of esters is 2. The van der Waals surface area contributed by atoms with E-state index >= 15 is 0 Å². The van der Waals surface area contributed by atoms with Gasteiger partial charge in [0.2, 0.25) is 0 Å². The molecule has 1 unspecified atom stereocenters. The lowest BCUT2D eigenvalue weighted by Crippen LogP contribution is -2.33. The normalized spacial score (nSPS) is 15.9. The highest BCUT2D eigenvalue weighted by Crippen LogP contribution is 2.42. The molecule has 0 saturated carbocycles. The fourth-order valence-corrected chi connectivity index (χ4v) is 4.77. The number of methoxy groups -OCH3 is 1. The standard InChI is InChI=1S/C28H32N4O4/c1-18-24(27(33)35-5)26(23-20(3)30-32-14-10-9-13-22(23)32)25(19(2)29-18)28(34)36-16-15-31(4)17-21-11-7-6-8-12-21/h6-14,26,29H,15-17H2,1-5H3. The molecule has 188 valence electrons. The Kier molecular flexibility index (Phi) is 7.55. The van der Waals surface area contributed by atoms with Crippen LogP contribution in [0.4, 0.5) is 0 Å². The smallest absolute Gasteiger partial charge is 0.336 e. The van der Waals surface area contributed by atoms with Crippen LogP contribution in [0.5, 0.6) is 0 Å². The molecule has 0 fully saturated rings. The average Bonchev–Trinajstić information content (AvgIpc) is 3.19. The Morgan fingerprint density at radius 2 is 1.67 bits per heavy atom. The van der Waals surface area contributed by atoms with Crippen molar-refractivity contribution in [2.45, 2.75) is 33.2 Å². The number of hydrogen-bond donors (Lipinski definition) is 1. The summed E-state index contributed by atoms with van der Waals surface area (Å²) in [5.74, 6) is -1.64. The van der Waals surface area contributed by atoms with Gasteiger partial charge in [-0.2, -0.15) is 5.10 Å². The molecule has 1 aromatic carbocycles. The molecule has 36 heavy (non-hydrogen) atoms. The van der Waals surface area contributed by atoms with E-state index in [9.17, 15) is 9.59 Å². The fraction of sp³-hybridized carbons (Fsp3) is 0.321. The van der Waals surface area contributed by atoms with Gasteiger partial charge in [0, 0.05) is 36.2 Å². The number of carbonyl (C=O) groups is 2. The molecule has 8 nitrogen and oxygen atoms in total. The third-order valence-corrected chi connectivity index (χ3v) is 6.44. The van der Waals surface area contributed by atoms with Crippen molar-refractivity contribution in [2.24, 2.45) is 0 Å². The number of nitrogens with zero attached hydrogens (tertiary/aromatic N) is 3. The molecule has 0 saturated heterocycles. The molecular weight excluding hydrogens is 456 g/mol. The third-order valence-electron chi connectivity index (χ3n) is 6.44. The Bertz CT molecular complexity index is 1340. The summed E-state index contributed by atoms with van der Waals surface area (Å²) < 4.78 is 12.6. The van der Waals surface area contributed by atoms with E-state index < -0.39 is 17.9 Å². The maximum Gasteiger partial charge on any atom is 0.336 e. The minimum atomic E-state index is -0.673. The van der Waals surface area contributed by atoms with Crippen LogP contribution < -0.4 is 5.32 Å². The number of ether oxygens (including phenoxy) is 2. The molecule has 3 aromatic rings. The summed E-state index contributed by atoms with van der Waals surface area (Å²) in [4.78, 5) is 28.6. The van der Waals surface area contributed by atoms with E-state index in [1.807, 2.05) is 70.4 Å². The zero-order chi connectivity index (χ0) is 25.8. The third kappa shape index (κ3) is 5.04. The number of benzene rings is 1. The van der Waals surface area contributed by atoms with E-state index in [0.29, 0.717) is 29.1 Å². The summed E-state index contributed by atoms with van der Waals surface area (Å²) in [5.41, 5.74) is 5.55. The minimum absolute atomic E-state index is 0.218. The first-order valence-corrected chi connectivity index (χ1v) is 11.9. The van der Waals surface area contributed by atoms with Crippen molar-refractivity contribution in [1.82, 2.24) is 19.8 Å². The number of allylic oxidation sites excluding steroid dienone is 2. The van der Waals surface area contributed by atoms with Crippen molar-refractivity contribution in [1.29, 1.82) is 0 Å². The highest BCUT2D eigenvalue weighted by Gasteiger charge is 2.40. The second kappa shape index (κ2) is 10.8. The van der Waals surface area contributed by atoms with Gasteiger partial charge in [0.1, 0.15) is 6.61 Å². The van der Waals surface area contributed by atoms with Gasteiger partial charge < -0.3 is 14.8 Å². The molecule has 0 aliphatic carbocycles. The van der Waals surface area contributed by atoms with Crippen molar-refractivity contribution in [3.63, 3.8) is 0 Å². The van der Waals surface area contributed by atoms with E-state index in [4.69, 9.17) is 9.47 Å². The summed E-state index contributed by atoms with van der Waals surface area (Å²) in [6.45, 7) is 7.05. The maximum atomic E-state index is 13.5. The van der Waals surface area contributed by atoms with Gasteiger partial charge in [0.25, 0.3) is 0 Å². The van der Waals surface area contributed by atoms with E-state index in [2.05, 4.69) is 27.4 Å². The van der Waals surface area contributed by atoms with Crippen LogP contribution in [0.15, 0.2) is 77.3 Å². The molecule has 8 heteroatoms. The zero-order valence-electron chi connectivity index (χ0n) is 21.4. The number of aromatic nitrogens is 2. The van der Waals surface area contributed by atoms with Gasteiger partial charge in [-0.05, 0) is 45.5 Å². The van der Waals surface area contributed by atoms with Crippen LogP contribution in [0.1, 0.15) is 36.6 Å². The van der Waals surface area contributed by atoms with Crippen molar-refractivity contribution < 1.29 is 19.1 Å². The summed E-state index contributed by atoms with van der Waals surface area (Å²) in [5, 5.41) is 7.80. The Morgan fingerprint density at radius 3 is 2.36 bits per heavy atom. The van der Waals surface area contributed by atoms with Crippen molar-refractivity contribution in [3.05, 3.63) is 94.1 Å². The topological polar surface area (TPSA) is 85.2 Å². The first kappa shape index (κ1) is 25.2. The number of dihydropyridines is 1. The number of carbonyl (C=O) groups excluding carboxylic acids is 2. The predicted molar refractivity (Wildman–Crippen MR) is 137 cm³/mol. The first-order valence-electron chi connectivity index (χ1n) is 11.9. The second-order valence-electron chi connectivity index (χ2n) is 9.02. The van der Waals surface area contributed by atoms with Crippen LogP contribution >= 0.6 is 0 Å². The minimum Gasteiger partial charge on any atom is -0.466 e. The second-order valence-corrected chi connectivity index (χ2v) is 9.02. The molecule has 3 heterocycles. The largest absolute Gasteiger partial charge is 0.466 e. The summed E-state index contributed by atoms with van der Waals surface area (Å²) in [6, 6.07) is 15.9. The van der Waals surface area contributed by atoms with E-state index in [0.717, 1.165) is 23.3 Å². The Balaban J connectivity index is 1.62. The Labute approximate surface area is 211 Å². The van der Waals surface area contributed by atoms with Crippen LogP contribution in [-0.2, 0) is 25.6 Å². The van der Waals surface area contributed by atoms with Crippen molar-refractivity contribution >= 4 is 17.5 Å². The Hall–Kier alpha value is -3.91. The Morgan fingerprint density at radius 1 is 1.00 bits per heavy atom. The first-order chi connectivity index (χ1) is 17.3. The number of pyridine rings is 1. The van der Waals surface area contributed by atoms with Crippen LogP contribution in [-0.4, -0.2) is 53.8 Å². The van der Waals surface area contributed by atoms with Crippen LogP contribution in [0, 0.1) is 6.92 Å². The highest BCUT2D eigenvalue weighted by atomic mass is 16.5. The number of hydrogen-bond acceptors (Lipinski definition) is 7. The molecule has 1 N–H and O–H groups in total. The lowest BCUT2D eigenvalue weighted by atomic mass is 9.79. The molecule has 2 aromatic heterocycles. The van der Waals surface area contributed by atoms with Crippen LogP contribution in [0.2, 0.25) is 0 Å². The molecule has 0 amide bonds. The van der Waals surface area contributed by atoms with Gasteiger partial charge in [0.05, 0.1) is 35.4 Å². The van der Waals surface area contributed by atoms with Crippen LogP contribution in [0.3, 0.4) is 0 Å². The van der Waals surface area contributed by atoms with Crippen molar-refractivity contribution in [2.75, 3.05) is 27.3 Å². The lowest BCUT2D eigenvalue weighted by Gasteiger charge is -2.30. The highest BCUT2D eigenvalue weighted by molar-refractivity contribution is 6.00. The molecule has 0 radical (unpaired) electrons. The molecule has 1 aliphatic heterocycles. The number of nitrogens with one attached hydrogen (secondary N) is 1. The van der Waals surface area contributed by atoms with Gasteiger partial charge in [0.15, 0.2) is 0 Å². The van der Waals surface area contributed by atoms with Crippen molar-refractivity contribution in [3.8, 4) is 0 Å². The quantitative estimate of drug-likeness (QED) is 0.484. The molecule has 1 aliphatic rings. The fourth-order valence-electron chi connectivity index (χ4n) is 4.77. The predicted octanol–water partition coefficient (Wildman–Crippen LogP) is 3.73. The average molecular weight is 489 g/mol. The maximum absolute atomic E-state index is 13.5. The number of fused-ring (bicyclic) bond motifs is 1. The van der Waals surface area contributed by atoms with Gasteiger partial charge in [-0.3, -0.25) is 4.90 Å². The molecule has 4 rings (SSSR count). The summed E-state index contributed by atoms with van der Waals surface area (Å²) in [7, 11) is 3.33. The number of rotatable bonds is 8. The van der Waals surface area contributed by atoms with Gasteiger partial charge in [-0.1, -0.05) is 36.4 Å². The number of aryl methyl sites for hydroxylation is 1. The van der Waals surface area contributed by atoms with Crippen LogP contribution in [0.25, 0.3) is 5.52 Å². The monoisotopic (exact) mass is 488 g/mol. The number of likely N-dealkylation sites (N-methyl/N-ethyl adjacent to an activating group) is 1.